The Morgan fingerprint density at radius 1 is 1.47 bits per heavy atom. The van der Waals surface area contributed by atoms with Crippen molar-refractivity contribution < 1.29 is 14.3 Å². The van der Waals surface area contributed by atoms with Crippen LogP contribution < -0.4 is 5.32 Å². The molecule has 0 bridgehead atoms. The van der Waals surface area contributed by atoms with Gasteiger partial charge < -0.3 is 19.7 Å². The largest absolute Gasteiger partial charge is 0.444 e. The predicted octanol–water partition coefficient (Wildman–Crippen LogP) is 2.01. The molecule has 0 aromatic rings. The molecule has 0 spiro atoms. The van der Waals surface area contributed by atoms with Crippen molar-refractivity contribution in [3.05, 3.63) is 0 Å². The van der Waals surface area contributed by atoms with Crippen molar-refractivity contribution in [2.75, 3.05) is 26.2 Å². The number of amides is 1. The van der Waals surface area contributed by atoms with Crippen LogP contribution in [0.3, 0.4) is 0 Å². The van der Waals surface area contributed by atoms with Crippen molar-refractivity contribution in [3.63, 3.8) is 0 Å². The zero-order chi connectivity index (χ0) is 14.5. The molecule has 2 unspecified atom stereocenters. The molecule has 1 N–H and O–H groups in total. The van der Waals surface area contributed by atoms with Crippen molar-refractivity contribution in [2.24, 2.45) is 0 Å². The summed E-state index contributed by atoms with van der Waals surface area (Å²) in [6.07, 6.45) is 1.06. The van der Waals surface area contributed by atoms with E-state index in [9.17, 15) is 4.79 Å². The topological polar surface area (TPSA) is 50.8 Å². The Bertz CT molecular complexity index is 289. The lowest BCUT2D eigenvalue weighted by Gasteiger charge is -2.27. The first-order valence-electron chi connectivity index (χ1n) is 7.16. The zero-order valence-electron chi connectivity index (χ0n) is 12.9. The molecule has 1 aliphatic rings. The van der Waals surface area contributed by atoms with Crippen LogP contribution in [-0.2, 0) is 9.47 Å². The highest BCUT2D eigenvalue weighted by atomic mass is 16.6. The van der Waals surface area contributed by atoms with Crippen LogP contribution in [0.2, 0.25) is 0 Å². The van der Waals surface area contributed by atoms with Crippen molar-refractivity contribution in [2.45, 2.75) is 58.8 Å². The normalized spacial score (nSPS) is 23.4. The van der Waals surface area contributed by atoms with E-state index in [2.05, 4.69) is 12.2 Å². The van der Waals surface area contributed by atoms with Gasteiger partial charge in [-0.3, -0.25) is 0 Å². The number of rotatable bonds is 5. The molecule has 0 aromatic carbocycles. The smallest absolute Gasteiger partial charge is 0.410 e. The third-order valence-corrected chi connectivity index (χ3v) is 3.20. The van der Waals surface area contributed by atoms with E-state index in [-0.39, 0.29) is 12.2 Å². The molecule has 0 saturated carbocycles. The molecule has 2 atom stereocenters. The highest BCUT2D eigenvalue weighted by Crippen LogP contribution is 2.12. The lowest BCUT2D eigenvalue weighted by atomic mass is 10.1. The summed E-state index contributed by atoms with van der Waals surface area (Å²) in [6.45, 7) is 12.6. The fraction of sp³-hybridized carbons (Fsp3) is 0.929. The monoisotopic (exact) mass is 272 g/mol. The highest BCUT2D eigenvalue weighted by molar-refractivity contribution is 5.68. The second kappa shape index (κ2) is 7.10. The van der Waals surface area contributed by atoms with E-state index >= 15 is 0 Å². The maximum absolute atomic E-state index is 11.9. The van der Waals surface area contributed by atoms with Gasteiger partial charge in [0.1, 0.15) is 5.60 Å². The summed E-state index contributed by atoms with van der Waals surface area (Å²) in [5, 5.41) is 3.44. The van der Waals surface area contributed by atoms with Crippen LogP contribution in [0.1, 0.15) is 41.0 Å². The van der Waals surface area contributed by atoms with Gasteiger partial charge in [-0.05, 0) is 41.0 Å². The Balaban J connectivity index is 2.30. The van der Waals surface area contributed by atoms with Gasteiger partial charge in [0.05, 0.1) is 6.10 Å². The molecule has 0 aromatic heterocycles. The number of ether oxygens (including phenoxy) is 2. The summed E-state index contributed by atoms with van der Waals surface area (Å²) >= 11 is 0. The number of nitrogens with zero attached hydrogens (tertiary/aromatic N) is 1. The van der Waals surface area contributed by atoms with Gasteiger partial charge >= 0.3 is 6.09 Å². The van der Waals surface area contributed by atoms with Crippen LogP contribution in [0.25, 0.3) is 0 Å². The van der Waals surface area contributed by atoms with Gasteiger partial charge in [0.15, 0.2) is 0 Å². The maximum atomic E-state index is 11.9. The first-order valence-corrected chi connectivity index (χ1v) is 7.16. The Morgan fingerprint density at radius 3 is 2.63 bits per heavy atom. The van der Waals surface area contributed by atoms with Crippen molar-refractivity contribution in [1.29, 1.82) is 0 Å². The van der Waals surface area contributed by atoms with Crippen molar-refractivity contribution in [3.8, 4) is 0 Å². The lowest BCUT2D eigenvalue weighted by molar-refractivity contribution is 0.0259. The van der Waals surface area contributed by atoms with Crippen molar-refractivity contribution in [1.82, 2.24) is 10.2 Å². The van der Waals surface area contributed by atoms with Crippen LogP contribution in [-0.4, -0.2) is 55.0 Å². The number of hydrogen-bond acceptors (Lipinski definition) is 4. The van der Waals surface area contributed by atoms with Gasteiger partial charge in [-0.1, -0.05) is 0 Å². The van der Waals surface area contributed by atoms with Gasteiger partial charge in [-0.15, -0.1) is 0 Å². The second-order valence-electron chi connectivity index (χ2n) is 5.99. The predicted molar refractivity (Wildman–Crippen MR) is 75.3 cm³/mol. The number of hydrogen-bond donors (Lipinski definition) is 1. The number of likely N-dealkylation sites (N-methyl/N-ethyl adjacent to an activating group) is 1. The average molecular weight is 272 g/mol. The van der Waals surface area contributed by atoms with Gasteiger partial charge in [0.25, 0.3) is 0 Å². The zero-order valence-corrected chi connectivity index (χ0v) is 12.9. The molecule has 0 aliphatic carbocycles. The SMILES string of the molecule is CCN(CCNC1CCOC1C)C(=O)OC(C)(C)C. The van der Waals surface area contributed by atoms with Crippen LogP contribution in [0, 0.1) is 0 Å². The summed E-state index contributed by atoms with van der Waals surface area (Å²) < 4.78 is 10.9. The van der Waals surface area contributed by atoms with E-state index in [0.717, 1.165) is 19.6 Å². The molecule has 5 heteroatoms. The van der Waals surface area contributed by atoms with Crippen molar-refractivity contribution >= 4 is 6.09 Å². The molecule has 19 heavy (non-hydrogen) atoms. The summed E-state index contributed by atoms with van der Waals surface area (Å²) in [7, 11) is 0. The van der Waals surface area contributed by atoms with E-state index in [1.54, 1.807) is 4.90 Å². The summed E-state index contributed by atoms with van der Waals surface area (Å²) in [6, 6.07) is 0.400. The summed E-state index contributed by atoms with van der Waals surface area (Å²) in [5.74, 6) is 0. The molecular formula is C14H28N2O3. The number of carbonyl (C=O) groups is 1. The Hall–Kier alpha value is -0.810. The van der Waals surface area contributed by atoms with E-state index in [1.165, 1.54) is 0 Å². The molecule has 1 heterocycles. The fourth-order valence-corrected chi connectivity index (χ4v) is 2.09. The highest BCUT2D eigenvalue weighted by Gasteiger charge is 2.24. The van der Waals surface area contributed by atoms with Gasteiger partial charge in [-0.2, -0.15) is 0 Å². The lowest BCUT2D eigenvalue weighted by Crippen LogP contribution is -2.43. The quantitative estimate of drug-likeness (QED) is 0.832. The average Bonchev–Trinajstić information content (AvgIpc) is 2.68. The molecule has 5 nitrogen and oxygen atoms in total. The van der Waals surface area contributed by atoms with E-state index in [0.29, 0.717) is 19.1 Å². The summed E-state index contributed by atoms with van der Waals surface area (Å²) in [5.41, 5.74) is -0.439. The molecule has 1 aliphatic heterocycles. The van der Waals surface area contributed by atoms with Gasteiger partial charge in [-0.25, -0.2) is 4.79 Å². The minimum atomic E-state index is -0.439. The van der Waals surface area contributed by atoms with Crippen LogP contribution >= 0.6 is 0 Å². The third kappa shape index (κ3) is 5.78. The third-order valence-electron chi connectivity index (χ3n) is 3.20. The van der Waals surface area contributed by atoms with Crippen LogP contribution in [0.4, 0.5) is 4.79 Å². The van der Waals surface area contributed by atoms with E-state index < -0.39 is 5.60 Å². The van der Waals surface area contributed by atoms with E-state index in [4.69, 9.17) is 9.47 Å². The van der Waals surface area contributed by atoms with E-state index in [1.807, 2.05) is 27.7 Å². The molecule has 0 radical (unpaired) electrons. The van der Waals surface area contributed by atoms with Crippen LogP contribution in [0.15, 0.2) is 0 Å². The molecular weight excluding hydrogens is 244 g/mol. The Labute approximate surface area is 116 Å². The van der Waals surface area contributed by atoms with Gasteiger partial charge in [0, 0.05) is 32.3 Å². The summed E-state index contributed by atoms with van der Waals surface area (Å²) in [4.78, 5) is 13.7. The Morgan fingerprint density at radius 2 is 2.16 bits per heavy atom. The molecule has 1 amide bonds. The Kier molecular flexibility index (Phi) is 6.07. The standard InChI is InChI=1S/C14H28N2O3/c1-6-16(13(17)19-14(3,4)5)9-8-15-12-7-10-18-11(12)2/h11-12,15H,6-10H2,1-5H3. The molecule has 1 rings (SSSR count). The number of nitrogens with one attached hydrogen (secondary N) is 1. The minimum Gasteiger partial charge on any atom is -0.444 e. The molecule has 112 valence electrons. The fourth-order valence-electron chi connectivity index (χ4n) is 2.09. The first-order chi connectivity index (χ1) is 8.83. The molecule has 1 saturated heterocycles. The first kappa shape index (κ1) is 16.2. The number of carbonyl (C=O) groups excluding carboxylic acids is 1. The minimum absolute atomic E-state index is 0.243. The van der Waals surface area contributed by atoms with Gasteiger partial charge in [0.2, 0.25) is 0 Å². The second-order valence-corrected chi connectivity index (χ2v) is 5.99. The maximum Gasteiger partial charge on any atom is 0.410 e. The molecule has 1 fully saturated rings. The van der Waals surface area contributed by atoms with Crippen LogP contribution in [0.5, 0.6) is 0 Å².